The lowest BCUT2D eigenvalue weighted by Gasteiger charge is -2.15. The number of anilines is 1. The summed E-state index contributed by atoms with van der Waals surface area (Å²) in [5.74, 6) is -0.965. The van der Waals surface area contributed by atoms with Crippen molar-refractivity contribution in [3.63, 3.8) is 0 Å². The van der Waals surface area contributed by atoms with E-state index < -0.39 is 17.3 Å². The third-order valence-corrected chi connectivity index (χ3v) is 4.95. The molecule has 0 unspecified atom stereocenters. The Kier molecular flexibility index (Phi) is 5.70. The molecule has 0 radical (unpaired) electrons. The minimum Gasteiger partial charge on any atom is -0.455 e. The number of ether oxygens (including phenoxy) is 1. The van der Waals surface area contributed by atoms with E-state index in [4.69, 9.17) is 16.3 Å². The third-order valence-electron chi connectivity index (χ3n) is 4.69. The van der Waals surface area contributed by atoms with Crippen LogP contribution in [0.3, 0.4) is 0 Å². The molecule has 0 saturated heterocycles. The number of nitrogens with one attached hydrogen (secondary N) is 1. The van der Waals surface area contributed by atoms with Gasteiger partial charge in [0.1, 0.15) is 0 Å². The van der Waals surface area contributed by atoms with Gasteiger partial charge in [0.05, 0.1) is 5.41 Å². The van der Waals surface area contributed by atoms with Gasteiger partial charge in [-0.3, -0.25) is 14.4 Å². The maximum absolute atomic E-state index is 12.5. The first-order valence-corrected chi connectivity index (χ1v) is 9.24. The smallest absolute Gasteiger partial charge is 0.317 e. The van der Waals surface area contributed by atoms with Crippen LogP contribution in [0.1, 0.15) is 28.8 Å². The predicted molar refractivity (Wildman–Crippen MR) is 106 cm³/mol. The zero-order valence-electron chi connectivity index (χ0n) is 15.7. The molecule has 0 heterocycles. The van der Waals surface area contributed by atoms with Gasteiger partial charge in [-0.05, 0) is 54.8 Å². The quantitative estimate of drug-likeness (QED) is 0.755. The first-order chi connectivity index (χ1) is 13.3. The Balaban J connectivity index is 1.53. The molecule has 0 aliphatic heterocycles. The Bertz CT molecular complexity index is 888. The van der Waals surface area contributed by atoms with Crippen LogP contribution in [0, 0.1) is 0 Å². The van der Waals surface area contributed by atoms with E-state index in [2.05, 4.69) is 5.32 Å². The van der Waals surface area contributed by atoms with Crippen molar-refractivity contribution >= 4 is 35.1 Å². The Morgan fingerprint density at radius 3 is 2.18 bits per heavy atom. The van der Waals surface area contributed by atoms with Gasteiger partial charge in [-0.1, -0.05) is 23.7 Å². The number of hydrogen-bond acceptors (Lipinski definition) is 4. The van der Waals surface area contributed by atoms with Crippen molar-refractivity contribution in [2.24, 2.45) is 0 Å². The van der Waals surface area contributed by atoms with Crippen molar-refractivity contribution in [2.45, 2.75) is 18.3 Å². The molecule has 2 aromatic rings. The van der Waals surface area contributed by atoms with Crippen molar-refractivity contribution in [2.75, 3.05) is 26.0 Å². The largest absolute Gasteiger partial charge is 0.455 e. The van der Waals surface area contributed by atoms with Crippen LogP contribution in [-0.2, 0) is 19.7 Å². The molecule has 1 aliphatic rings. The van der Waals surface area contributed by atoms with Crippen LogP contribution >= 0.6 is 11.6 Å². The van der Waals surface area contributed by atoms with Gasteiger partial charge >= 0.3 is 5.97 Å². The first-order valence-electron chi connectivity index (χ1n) is 8.87. The lowest BCUT2D eigenvalue weighted by Crippen LogP contribution is -2.28. The average Bonchev–Trinajstić information content (AvgIpc) is 3.48. The van der Waals surface area contributed by atoms with E-state index in [1.807, 2.05) is 12.1 Å². The molecule has 0 spiro atoms. The van der Waals surface area contributed by atoms with E-state index in [0.29, 0.717) is 29.1 Å². The minimum atomic E-state index is -0.668. The minimum absolute atomic E-state index is 0.122. The standard InChI is InChI=1S/C21H21ClN2O4/c1-24(2)19(26)14-3-9-17(10-4-14)23-18(25)13-28-20(27)21(11-12-21)15-5-7-16(22)8-6-15/h3-10H,11-13H2,1-2H3,(H,23,25). The Morgan fingerprint density at radius 1 is 1.04 bits per heavy atom. The first kappa shape index (κ1) is 19.9. The van der Waals surface area contributed by atoms with Crippen LogP contribution in [0.4, 0.5) is 5.69 Å². The van der Waals surface area contributed by atoms with E-state index >= 15 is 0 Å². The fourth-order valence-corrected chi connectivity index (χ4v) is 3.05. The molecule has 7 heteroatoms. The zero-order valence-corrected chi connectivity index (χ0v) is 16.5. The number of amides is 2. The van der Waals surface area contributed by atoms with Crippen LogP contribution in [0.2, 0.25) is 5.02 Å². The molecule has 0 aromatic heterocycles. The van der Waals surface area contributed by atoms with Gasteiger partial charge < -0.3 is 15.0 Å². The summed E-state index contributed by atoms with van der Waals surface area (Å²) in [5, 5.41) is 3.26. The van der Waals surface area contributed by atoms with E-state index in [0.717, 1.165) is 5.56 Å². The van der Waals surface area contributed by atoms with E-state index in [-0.39, 0.29) is 12.5 Å². The fraction of sp³-hybridized carbons (Fsp3) is 0.286. The summed E-state index contributed by atoms with van der Waals surface area (Å²) in [5.41, 5.74) is 1.23. The van der Waals surface area contributed by atoms with Gasteiger partial charge in [-0.15, -0.1) is 0 Å². The van der Waals surface area contributed by atoms with E-state index in [1.54, 1.807) is 50.5 Å². The summed E-state index contributed by atoms with van der Waals surface area (Å²) >= 11 is 5.89. The second-order valence-corrected chi connectivity index (χ2v) is 7.43. The fourth-order valence-electron chi connectivity index (χ4n) is 2.93. The SMILES string of the molecule is CN(C)C(=O)c1ccc(NC(=O)COC(=O)C2(c3ccc(Cl)cc3)CC2)cc1. The maximum atomic E-state index is 12.5. The summed E-state index contributed by atoms with van der Waals surface area (Å²) < 4.78 is 5.24. The topological polar surface area (TPSA) is 75.7 Å². The highest BCUT2D eigenvalue weighted by atomic mass is 35.5. The monoisotopic (exact) mass is 400 g/mol. The van der Waals surface area contributed by atoms with Gasteiger partial charge in [0, 0.05) is 30.4 Å². The second-order valence-electron chi connectivity index (χ2n) is 6.99. The van der Waals surface area contributed by atoms with Crippen LogP contribution in [0.25, 0.3) is 0 Å². The number of nitrogens with zero attached hydrogens (tertiary/aromatic N) is 1. The van der Waals surface area contributed by atoms with Crippen molar-refractivity contribution in [1.82, 2.24) is 4.90 Å². The summed E-state index contributed by atoms with van der Waals surface area (Å²) in [6, 6.07) is 13.6. The molecule has 1 N–H and O–H groups in total. The van der Waals surface area contributed by atoms with Crippen LogP contribution in [-0.4, -0.2) is 43.4 Å². The molecule has 28 heavy (non-hydrogen) atoms. The summed E-state index contributed by atoms with van der Waals surface area (Å²) in [7, 11) is 3.34. The molecule has 2 amide bonds. The molecule has 1 saturated carbocycles. The molecule has 146 valence electrons. The third kappa shape index (κ3) is 4.34. The van der Waals surface area contributed by atoms with Gasteiger partial charge in [-0.2, -0.15) is 0 Å². The van der Waals surface area contributed by atoms with Crippen LogP contribution in [0.5, 0.6) is 0 Å². The number of esters is 1. The number of halogens is 1. The molecular formula is C21H21ClN2O4. The predicted octanol–water partition coefficient (Wildman–Crippen LogP) is 3.26. The molecule has 1 fully saturated rings. The lowest BCUT2D eigenvalue weighted by atomic mass is 9.96. The number of carbonyl (C=O) groups is 3. The lowest BCUT2D eigenvalue weighted by molar-refractivity contribution is -0.150. The normalized spacial score (nSPS) is 14.1. The Hall–Kier alpha value is -2.86. The van der Waals surface area contributed by atoms with Crippen LogP contribution in [0.15, 0.2) is 48.5 Å². The van der Waals surface area contributed by atoms with Crippen molar-refractivity contribution in [1.29, 1.82) is 0 Å². The summed E-state index contributed by atoms with van der Waals surface area (Å²) in [6.07, 6.45) is 1.38. The average molecular weight is 401 g/mol. The molecule has 6 nitrogen and oxygen atoms in total. The molecule has 0 bridgehead atoms. The molecule has 2 aromatic carbocycles. The van der Waals surface area contributed by atoms with Gasteiger partial charge in [0.15, 0.2) is 6.61 Å². The van der Waals surface area contributed by atoms with Crippen molar-refractivity contribution in [3.05, 3.63) is 64.7 Å². The maximum Gasteiger partial charge on any atom is 0.317 e. The Labute approximate surface area is 168 Å². The second kappa shape index (κ2) is 8.02. The molecule has 1 aliphatic carbocycles. The molecule has 3 rings (SSSR count). The van der Waals surface area contributed by atoms with Gasteiger partial charge in [-0.25, -0.2) is 0 Å². The van der Waals surface area contributed by atoms with Crippen molar-refractivity contribution < 1.29 is 19.1 Å². The summed E-state index contributed by atoms with van der Waals surface area (Å²) in [6.45, 7) is -0.368. The zero-order chi connectivity index (χ0) is 20.3. The molecular weight excluding hydrogens is 380 g/mol. The Morgan fingerprint density at radius 2 is 1.64 bits per heavy atom. The van der Waals surface area contributed by atoms with Gasteiger partial charge in [0.25, 0.3) is 11.8 Å². The summed E-state index contributed by atoms with van der Waals surface area (Å²) in [4.78, 5) is 37.9. The van der Waals surface area contributed by atoms with Crippen LogP contribution < -0.4 is 5.32 Å². The number of rotatable bonds is 6. The van der Waals surface area contributed by atoms with E-state index in [1.165, 1.54) is 4.90 Å². The highest BCUT2D eigenvalue weighted by Crippen LogP contribution is 2.49. The van der Waals surface area contributed by atoms with Crippen molar-refractivity contribution in [3.8, 4) is 0 Å². The highest BCUT2D eigenvalue weighted by Gasteiger charge is 2.52. The van der Waals surface area contributed by atoms with E-state index in [9.17, 15) is 14.4 Å². The highest BCUT2D eigenvalue weighted by molar-refractivity contribution is 6.30. The number of benzene rings is 2. The number of hydrogen-bond donors (Lipinski definition) is 1. The molecule has 0 atom stereocenters. The number of carbonyl (C=O) groups excluding carboxylic acids is 3. The van der Waals surface area contributed by atoms with Gasteiger partial charge in [0.2, 0.25) is 0 Å².